The van der Waals surface area contributed by atoms with Crippen LogP contribution in [-0.4, -0.2) is 49.0 Å². The Hall–Kier alpha value is -2.82. The number of ether oxygens (including phenoxy) is 1. The molecule has 8 nitrogen and oxygen atoms in total. The second kappa shape index (κ2) is 9.98. The van der Waals surface area contributed by atoms with Gasteiger partial charge in [0.2, 0.25) is 15.0 Å². The minimum absolute atomic E-state index is 0.0824. The zero-order valence-electron chi connectivity index (χ0n) is 18.5. The van der Waals surface area contributed by atoms with Gasteiger partial charge in [-0.25, -0.2) is 8.42 Å². The topological polar surface area (TPSA) is 101 Å². The predicted molar refractivity (Wildman–Crippen MR) is 127 cm³/mol. The molecule has 0 atom stereocenters. The van der Waals surface area contributed by atoms with Gasteiger partial charge in [0.15, 0.2) is 0 Å². The number of nitrogens with zero attached hydrogens (tertiary/aromatic N) is 3. The fraction of sp³-hybridized carbons (Fsp3) is 0.348. The zero-order valence-corrected chi connectivity index (χ0v) is 20.2. The van der Waals surface area contributed by atoms with Gasteiger partial charge in [-0.05, 0) is 61.2 Å². The Bertz CT molecular complexity index is 1200. The van der Waals surface area contributed by atoms with Crippen molar-refractivity contribution in [3.8, 4) is 5.75 Å². The molecule has 0 spiro atoms. The summed E-state index contributed by atoms with van der Waals surface area (Å²) in [4.78, 5) is 12.9. The highest BCUT2D eigenvalue weighted by Crippen LogP contribution is 2.32. The van der Waals surface area contributed by atoms with Gasteiger partial charge in [0.25, 0.3) is 5.91 Å². The van der Waals surface area contributed by atoms with Gasteiger partial charge >= 0.3 is 0 Å². The van der Waals surface area contributed by atoms with E-state index < -0.39 is 10.0 Å². The molecule has 1 saturated heterocycles. The lowest BCUT2D eigenvalue weighted by Gasteiger charge is -2.30. The van der Waals surface area contributed by atoms with E-state index in [0.29, 0.717) is 42.3 Å². The van der Waals surface area contributed by atoms with Gasteiger partial charge in [-0.3, -0.25) is 4.79 Å². The number of aryl methyl sites for hydroxylation is 1. The van der Waals surface area contributed by atoms with Crippen LogP contribution < -0.4 is 10.1 Å². The monoisotopic (exact) mass is 486 g/mol. The van der Waals surface area contributed by atoms with Crippen molar-refractivity contribution in [1.29, 1.82) is 0 Å². The molecule has 3 aromatic rings. The fourth-order valence-corrected chi connectivity index (χ4v) is 6.12. The number of nitrogens with one attached hydrogen (secondary N) is 1. The Morgan fingerprint density at radius 3 is 2.36 bits per heavy atom. The standard InChI is InChI=1S/C23H26N4O4S2/c1-3-16-4-10-20(11-5-16)33(29,30)27-14-12-17(13-15-27)22-25-26-23(32-22)21(28)24-18-6-8-19(31-2)9-7-18/h4-11,17H,3,12-15H2,1-2H3,(H,24,28). The summed E-state index contributed by atoms with van der Waals surface area (Å²) in [5, 5.41) is 12.1. The van der Waals surface area contributed by atoms with Crippen molar-refractivity contribution in [3.05, 3.63) is 64.1 Å². The van der Waals surface area contributed by atoms with E-state index in [1.54, 1.807) is 43.5 Å². The normalized spacial score (nSPS) is 15.3. The van der Waals surface area contributed by atoms with Crippen LogP contribution in [0.15, 0.2) is 53.4 Å². The van der Waals surface area contributed by atoms with E-state index >= 15 is 0 Å². The molecule has 33 heavy (non-hydrogen) atoms. The lowest BCUT2D eigenvalue weighted by Crippen LogP contribution is -2.37. The molecule has 1 aromatic heterocycles. The van der Waals surface area contributed by atoms with Gasteiger partial charge in [-0.1, -0.05) is 30.4 Å². The van der Waals surface area contributed by atoms with Gasteiger partial charge in [0.1, 0.15) is 10.8 Å². The molecule has 1 N–H and O–H groups in total. The Labute approximate surface area is 197 Å². The van der Waals surface area contributed by atoms with Crippen LogP contribution in [-0.2, 0) is 16.4 Å². The number of rotatable bonds is 7. The number of aromatic nitrogens is 2. The quantitative estimate of drug-likeness (QED) is 0.543. The van der Waals surface area contributed by atoms with E-state index in [4.69, 9.17) is 4.74 Å². The van der Waals surface area contributed by atoms with E-state index in [1.165, 1.54) is 15.6 Å². The third-order valence-electron chi connectivity index (χ3n) is 5.76. The SMILES string of the molecule is CCc1ccc(S(=O)(=O)N2CCC(c3nnc(C(=O)Nc4ccc(OC)cc4)s3)CC2)cc1. The van der Waals surface area contributed by atoms with Crippen molar-refractivity contribution >= 4 is 33.0 Å². The smallest absolute Gasteiger partial charge is 0.286 e. The van der Waals surface area contributed by atoms with E-state index in [-0.39, 0.29) is 16.8 Å². The Balaban J connectivity index is 1.36. The summed E-state index contributed by atoms with van der Waals surface area (Å²) in [5.74, 6) is 0.468. The van der Waals surface area contributed by atoms with Crippen LogP contribution in [0.25, 0.3) is 0 Å². The first kappa shape index (κ1) is 23.3. The van der Waals surface area contributed by atoms with Gasteiger partial charge in [-0.2, -0.15) is 4.31 Å². The number of carbonyl (C=O) groups excluding carboxylic acids is 1. The summed E-state index contributed by atoms with van der Waals surface area (Å²) in [6.45, 7) is 2.86. The average molecular weight is 487 g/mol. The lowest BCUT2D eigenvalue weighted by atomic mass is 9.99. The summed E-state index contributed by atoms with van der Waals surface area (Å²) in [5.41, 5.74) is 1.75. The number of methoxy groups -OCH3 is 1. The Morgan fingerprint density at radius 2 is 1.76 bits per heavy atom. The number of anilines is 1. The molecular formula is C23H26N4O4S2. The predicted octanol–water partition coefficient (Wildman–Crippen LogP) is 3.93. The zero-order chi connectivity index (χ0) is 23.4. The van der Waals surface area contributed by atoms with E-state index in [0.717, 1.165) is 17.0 Å². The molecular weight excluding hydrogens is 460 g/mol. The summed E-state index contributed by atoms with van der Waals surface area (Å²) < 4.78 is 32.6. The first-order chi connectivity index (χ1) is 15.9. The second-order valence-corrected chi connectivity index (χ2v) is 10.8. The van der Waals surface area contributed by atoms with E-state index in [9.17, 15) is 13.2 Å². The van der Waals surface area contributed by atoms with Crippen molar-refractivity contribution < 1.29 is 17.9 Å². The van der Waals surface area contributed by atoms with Crippen LogP contribution in [0.3, 0.4) is 0 Å². The van der Waals surface area contributed by atoms with Crippen molar-refractivity contribution in [2.75, 3.05) is 25.5 Å². The molecule has 174 valence electrons. The van der Waals surface area contributed by atoms with Crippen LogP contribution in [0.1, 0.15) is 46.1 Å². The van der Waals surface area contributed by atoms with Crippen molar-refractivity contribution in [3.63, 3.8) is 0 Å². The van der Waals surface area contributed by atoms with Gasteiger partial charge in [0, 0.05) is 24.7 Å². The van der Waals surface area contributed by atoms with Crippen LogP contribution in [0.5, 0.6) is 5.75 Å². The molecule has 2 heterocycles. The molecule has 0 aliphatic carbocycles. The maximum atomic E-state index is 13.0. The summed E-state index contributed by atoms with van der Waals surface area (Å²) in [6.07, 6.45) is 2.15. The molecule has 4 rings (SSSR count). The van der Waals surface area contributed by atoms with Gasteiger partial charge in [-0.15, -0.1) is 10.2 Å². The molecule has 1 fully saturated rings. The largest absolute Gasteiger partial charge is 0.497 e. The molecule has 10 heteroatoms. The van der Waals surface area contributed by atoms with Crippen LogP contribution in [0.4, 0.5) is 5.69 Å². The molecule has 0 unspecified atom stereocenters. The number of hydrogen-bond donors (Lipinski definition) is 1. The Morgan fingerprint density at radius 1 is 1.09 bits per heavy atom. The van der Waals surface area contributed by atoms with Gasteiger partial charge < -0.3 is 10.1 Å². The third kappa shape index (κ3) is 5.23. The third-order valence-corrected chi connectivity index (χ3v) is 8.75. The van der Waals surface area contributed by atoms with E-state index in [2.05, 4.69) is 15.5 Å². The number of benzene rings is 2. The number of hydrogen-bond acceptors (Lipinski definition) is 7. The van der Waals surface area contributed by atoms with Crippen LogP contribution in [0.2, 0.25) is 0 Å². The Kier molecular flexibility index (Phi) is 7.06. The fourth-order valence-electron chi connectivity index (χ4n) is 3.74. The average Bonchev–Trinajstić information content (AvgIpc) is 3.35. The van der Waals surface area contributed by atoms with Crippen LogP contribution >= 0.6 is 11.3 Å². The number of carbonyl (C=O) groups is 1. The molecule has 0 radical (unpaired) electrons. The summed E-state index contributed by atoms with van der Waals surface area (Å²) >= 11 is 1.26. The number of amides is 1. The molecule has 2 aromatic carbocycles. The molecule has 1 aliphatic rings. The summed E-state index contributed by atoms with van der Waals surface area (Å²) in [6, 6.07) is 14.1. The van der Waals surface area contributed by atoms with Gasteiger partial charge in [0.05, 0.1) is 12.0 Å². The molecule has 1 amide bonds. The maximum absolute atomic E-state index is 13.0. The first-order valence-electron chi connectivity index (χ1n) is 10.8. The minimum Gasteiger partial charge on any atom is -0.497 e. The highest BCUT2D eigenvalue weighted by atomic mass is 32.2. The maximum Gasteiger partial charge on any atom is 0.286 e. The second-order valence-electron chi connectivity index (χ2n) is 7.80. The van der Waals surface area contributed by atoms with Crippen molar-refractivity contribution in [2.24, 2.45) is 0 Å². The number of sulfonamides is 1. The van der Waals surface area contributed by atoms with Crippen LogP contribution in [0, 0.1) is 0 Å². The molecule has 0 saturated carbocycles. The van der Waals surface area contributed by atoms with Crippen molar-refractivity contribution in [1.82, 2.24) is 14.5 Å². The number of piperidine rings is 1. The van der Waals surface area contributed by atoms with Crippen molar-refractivity contribution in [2.45, 2.75) is 37.0 Å². The first-order valence-corrected chi connectivity index (χ1v) is 13.0. The molecule has 0 bridgehead atoms. The minimum atomic E-state index is -3.51. The molecule has 1 aliphatic heterocycles. The highest BCUT2D eigenvalue weighted by Gasteiger charge is 2.31. The summed E-state index contributed by atoms with van der Waals surface area (Å²) in [7, 11) is -1.93. The highest BCUT2D eigenvalue weighted by molar-refractivity contribution is 7.89. The lowest BCUT2D eigenvalue weighted by molar-refractivity contribution is 0.102. The van der Waals surface area contributed by atoms with E-state index in [1.807, 2.05) is 19.1 Å².